The Hall–Kier alpha value is -1.98. The van der Waals surface area contributed by atoms with Crippen LogP contribution in [0.15, 0.2) is 30.3 Å². The first kappa shape index (κ1) is 17.8. The lowest BCUT2D eigenvalue weighted by molar-refractivity contribution is 0.0702. The van der Waals surface area contributed by atoms with Crippen molar-refractivity contribution in [2.75, 3.05) is 7.11 Å². The van der Waals surface area contributed by atoms with Crippen LogP contribution in [-0.2, 0) is 11.3 Å². The van der Waals surface area contributed by atoms with Crippen molar-refractivity contribution in [3.05, 3.63) is 45.8 Å². The van der Waals surface area contributed by atoms with Gasteiger partial charge < -0.3 is 9.84 Å². The highest BCUT2D eigenvalue weighted by Gasteiger charge is 2.26. The number of hydrogen-bond donors (Lipinski definition) is 1. The van der Waals surface area contributed by atoms with Crippen LogP contribution in [-0.4, -0.2) is 23.2 Å². The molecule has 4 nitrogen and oxygen atoms in total. The van der Waals surface area contributed by atoms with Crippen LogP contribution < -0.4 is 0 Å². The quantitative estimate of drug-likeness (QED) is 0.794. The molecule has 0 fully saturated rings. The van der Waals surface area contributed by atoms with Crippen molar-refractivity contribution in [3.63, 3.8) is 0 Å². The second kappa shape index (κ2) is 7.10. The van der Waals surface area contributed by atoms with E-state index in [1.165, 1.54) is 16.9 Å². The third-order valence-corrected chi connectivity index (χ3v) is 5.76. The minimum absolute atomic E-state index is 0.296. The Morgan fingerprint density at radius 2 is 2.12 bits per heavy atom. The first-order valence-electron chi connectivity index (χ1n) is 8.42. The third kappa shape index (κ3) is 3.83. The number of thiazole rings is 1. The fourth-order valence-electron chi connectivity index (χ4n) is 3.09. The van der Waals surface area contributed by atoms with E-state index in [2.05, 4.69) is 19.9 Å². The number of aromatic nitrogens is 1. The van der Waals surface area contributed by atoms with Crippen LogP contribution in [0.4, 0.5) is 0 Å². The Morgan fingerprint density at radius 3 is 2.76 bits per heavy atom. The van der Waals surface area contributed by atoms with Crippen LogP contribution in [0.1, 0.15) is 53.4 Å². The molecule has 1 N–H and O–H groups in total. The van der Waals surface area contributed by atoms with Gasteiger partial charge in [-0.2, -0.15) is 0 Å². The average Bonchev–Trinajstić information content (AvgIpc) is 3.01. The molecule has 3 rings (SSSR count). The molecule has 1 aliphatic carbocycles. The number of allylic oxidation sites excluding steroid dienone is 2. The van der Waals surface area contributed by atoms with Gasteiger partial charge in [0, 0.05) is 12.7 Å². The van der Waals surface area contributed by atoms with Crippen molar-refractivity contribution >= 4 is 22.9 Å². The molecule has 1 heterocycles. The van der Waals surface area contributed by atoms with Crippen LogP contribution in [0, 0.1) is 5.41 Å². The molecule has 2 aromatic rings. The molecule has 0 amide bonds. The largest absolute Gasteiger partial charge is 0.477 e. The van der Waals surface area contributed by atoms with E-state index >= 15 is 0 Å². The summed E-state index contributed by atoms with van der Waals surface area (Å²) < 4.78 is 5.25. The second-order valence-corrected chi connectivity index (χ2v) is 8.19. The molecular weight excluding hydrogens is 334 g/mol. The van der Waals surface area contributed by atoms with Crippen molar-refractivity contribution in [2.45, 2.75) is 39.7 Å². The van der Waals surface area contributed by atoms with E-state index in [1.54, 1.807) is 7.11 Å². The summed E-state index contributed by atoms with van der Waals surface area (Å²) >= 11 is 1.28. The van der Waals surface area contributed by atoms with Gasteiger partial charge in [0.15, 0.2) is 0 Å². The lowest BCUT2D eigenvalue weighted by atomic mass is 9.78. The van der Waals surface area contributed by atoms with Crippen molar-refractivity contribution in [1.82, 2.24) is 4.98 Å². The summed E-state index contributed by atoms with van der Waals surface area (Å²) in [6, 6.07) is 7.70. The average molecular weight is 357 g/mol. The smallest absolute Gasteiger partial charge is 0.348 e. The van der Waals surface area contributed by atoms with Crippen molar-refractivity contribution in [3.8, 4) is 11.3 Å². The van der Waals surface area contributed by atoms with Gasteiger partial charge in [-0.15, -0.1) is 11.3 Å². The predicted molar refractivity (Wildman–Crippen MR) is 101 cm³/mol. The molecule has 0 spiro atoms. The molecular formula is C20H23NO3S. The third-order valence-electron chi connectivity index (χ3n) is 4.64. The fourth-order valence-corrected chi connectivity index (χ4v) is 4.07. The van der Waals surface area contributed by atoms with Crippen LogP contribution in [0.3, 0.4) is 0 Å². The molecule has 0 bridgehead atoms. The number of methoxy groups -OCH3 is 1. The Balaban J connectivity index is 2.05. The maximum atomic E-state index is 11.8. The summed E-state index contributed by atoms with van der Waals surface area (Å²) in [6.45, 7) is 4.95. The number of carboxylic acids is 1. The Kier molecular flexibility index (Phi) is 5.06. The monoisotopic (exact) mass is 357 g/mol. The van der Waals surface area contributed by atoms with E-state index in [4.69, 9.17) is 9.72 Å². The number of hydrogen-bond acceptors (Lipinski definition) is 4. The first-order chi connectivity index (χ1) is 11.9. The molecule has 0 aliphatic heterocycles. The van der Waals surface area contributed by atoms with Crippen LogP contribution in [0.25, 0.3) is 16.8 Å². The van der Waals surface area contributed by atoms with Gasteiger partial charge in [-0.1, -0.05) is 44.2 Å². The van der Waals surface area contributed by atoms with Gasteiger partial charge in [0.05, 0.1) is 12.3 Å². The van der Waals surface area contributed by atoms with Gasteiger partial charge in [-0.25, -0.2) is 9.78 Å². The van der Waals surface area contributed by atoms with Gasteiger partial charge in [-0.05, 0) is 35.8 Å². The fraction of sp³-hybridized carbons (Fsp3) is 0.400. The minimum Gasteiger partial charge on any atom is -0.477 e. The van der Waals surface area contributed by atoms with Gasteiger partial charge in [0.25, 0.3) is 0 Å². The summed E-state index contributed by atoms with van der Waals surface area (Å²) in [4.78, 5) is 16.8. The van der Waals surface area contributed by atoms with E-state index < -0.39 is 5.97 Å². The van der Waals surface area contributed by atoms with E-state index in [1.807, 2.05) is 24.3 Å². The maximum Gasteiger partial charge on any atom is 0.348 e. The summed E-state index contributed by atoms with van der Waals surface area (Å²) in [5, 5.41) is 10.5. The van der Waals surface area contributed by atoms with Crippen LogP contribution >= 0.6 is 11.3 Å². The zero-order valence-corrected chi connectivity index (χ0v) is 15.7. The maximum absolute atomic E-state index is 11.8. The number of ether oxygens (including phenoxy) is 1. The molecule has 132 valence electrons. The van der Waals surface area contributed by atoms with Crippen molar-refractivity contribution < 1.29 is 14.6 Å². The normalized spacial score (nSPS) is 16.5. The van der Waals surface area contributed by atoms with Crippen molar-refractivity contribution in [1.29, 1.82) is 0 Å². The van der Waals surface area contributed by atoms with Gasteiger partial charge in [-0.3, -0.25) is 0 Å². The lowest BCUT2D eigenvalue weighted by Gasteiger charge is -2.27. The van der Waals surface area contributed by atoms with Gasteiger partial charge in [0.2, 0.25) is 0 Å². The zero-order valence-electron chi connectivity index (χ0n) is 14.8. The molecule has 25 heavy (non-hydrogen) atoms. The summed E-state index contributed by atoms with van der Waals surface area (Å²) in [6.07, 6.45) is 5.26. The molecule has 1 aromatic carbocycles. The summed E-state index contributed by atoms with van der Waals surface area (Å²) in [5.41, 5.74) is 3.81. The summed E-state index contributed by atoms with van der Waals surface area (Å²) in [7, 11) is 1.63. The standard InChI is InChI=1S/C20H23NO3S/c1-20(2)10-8-13(9-11-20)18-21-16(17(25-18)19(22)23)15-7-5-4-6-14(15)12-24-3/h4-8H,9-12H2,1-3H3,(H,22,23). The molecule has 1 aromatic heterocycles. The van der Waals surface area contributed by atoms with E-state index in [-0.39, 0.29) is 0 Å². The SMILES string of the molecule is COCc1ccccc1-c1nc(C2=CCC(C)(C)CC2)sc1C(=O)O. The molecule has 5 heteroatoms. The van der Waals surface area contributed by atoms with E-state index in [9.17, 15) is 9.90 Å². The highest BCUT2D eigenvalue weighted by molar-refractivity contribution is 7.15. The van der Waals surface area contributed by atoms with E-state index in [0.29, 0.717) is 22.6 Å². The number of rotatable bonds is 5. The highest BCUT2D eigenvalue weighted by Crippen LogP contribution is 2.41. The lowest BCUT2D eigenvalue weighted by Crippen LogP contribution is -2.13. The minimum atomic E-state index is -0.928. The molecule has 0 saturated carbocycles. The summed E-state index contributed by atoms with van der Waals surface area (Å²) in [5.74, 6) is -0.928. The van der Waals surface area contributed by atoms with Crippen LogP contribution in [0.2, 0.25) is 0 Å². The second-order valence-electron chi connectivity index (χ2n) is 7.19. The topological polar surface area (TPSA) is 59.4 Å². The van der Waals surface area contributed by atoms with Gasteiger partial charge in [0.1, 0.15) is 9.88 Å². The highest BCUT2D eigenvalue weighted by atomic mass is 32.1. The first-order valence-corrected chi connectivity index (χ1v) is 9.24. The molecule has 1 aliphatic rings. The predicted octanol–water partition coefficient (Wildman–Crippen LogP) is 5.25. The number of carbonyl (C=O) groups is 1. The number of benzene rings is 1. The zero-order chi connectivity index (χ0) is 18.0. The van der Waals surface area contributed by atoms with Crippen LogP contribution in [0.5, 0.6) is 0 Å². The number of nitrogens with zero attached hydrogens (tertiary/aromatic N) is 1. The molecule has 0 saturated heterocycles. The van der Waals surface area contributed by atoms with Crippen molar-refractivity contribution in [2.24, 2.45) is 5.41 Å². The Bertz CT molecular complexity index is 820. The van der Waals surface area contributed by atoms with E-state index in [0.717, 1.165) is 35.4 Å². The number of aromatic carboxylic acids is 1. The Labute approximate surface area is 152 Å². The Morgan fingerprint density at radius 1 is 1.36 bits per heavy atom. The number of carboxylic acid groups (broad SMARTS) is 1. The van der Waals surface area contributed by atoms with Gasteiger partial charge >= 0.3 is 5.97 Å². The molecule has 0 radical (unpaired) electrons. The molecule has 0 atom stereocenters. The molecule has 0 unspecified atom stereocenters.